The fourth-order valence-electron chi connectivity index (χ4n) is 2.26. The van der Waals surface area contributed by atoms with Gasteiger partial charge in [0.05, 0.1) is 0 Å². The Bertz CT molecular complexity index is 607. The first-order valence-corrected chi connectivity index (χ1v) is 9.51. The number of carbonyl (C=O) groups is 3. The summed E-state index contributed by atoms with van der Waals surface area (Å²) in [6.07, 6.45) is 3.07. The molecule has 7 nitrogen and oxygen atoms in total. The van der Waals surface area contributed by atoms with Gasteiger partial charge >= 0.3 is 12.0 Å². The Hall–Kier alpha value is -2.22. The average Bonchev–Trinajstić information content (AvgIpc) is 3.40. The third-order valence-electron chi connectivity index (χ3n) is 3.71. The predicted molar refractivity (Wildman–Crippen MR) is 95.9 cm³/mol. The second-order valence-electron chi connectivity index (χ2n) is 5.85. The molecule has 1 saturated carbocycles. The Morgan fingerprint density at radius 3 is 2.52 bits per heavy atom. The number of nitrogens with two attached hydrogens (primary N) is 1. The first kappa shape index (κ1) is 19.1. The van der Waals surface area contributed by atoms with E-state index in [0.29, 0.717) is 17.7 Å². The van der Waals surface area contributed by atoms with Crippen LogP contribution in [0.25, 0.3) is 0 Å². The van der Waals surface area contributed by atoms with Crippen LogP contribution in [-0.2, 0) is 14.3 Å². The maximum Gasteiger partial charge on any atom is 0.329 e. The standard InChI is InChI=1S/C17H23N3O4S/c1-25-10-9-13(20-17(18)23)16(22)24-14(11-5-3-2-4-6-11)15(21)19-12-7-8-12/h2-6,12-14H,7-10H2,1H3,(H,19,21)(H3,18,20,23)/t13-,14+/m0/s1. The Balaban J connectivity index is 2.11. The summed E-state index contributed by atoms with van der Waals surface area (Å²) < 4.78 is 5.46. The fraction of sp³-hybridized carbons (Fsp3) is 0.471. The molecule has 2 rings (SSSR count). The topological polar surface area (TPSA) is 111 Å². The van der Waals surface area contributed by atoms with Gasteiger partial charge in [-0.1, -0.05) is 30.3 Å². The van der Waals surface area contributed by atoms with Gasteiger partial charge < -0.3 is 21.1 Å². The van der Waals surface area contributed by atoms with Gasteiger partial charge in [-0.25, -0.2) is 9.59 Å². The molecule has 1 aliphatic rings. The van der Waals surface area contributed by atoms with E-state index in [2.05, 4.69) is 10.6 Å². The van der Waals surface area contributed by atoms with Gasteiger partial charge in [0, 0.05) is 11.6 Å². The normalized spacial score (nSPS) is 15.7. The number of amides is 3. The van der Waals surface area contributed by atoms with Crippen LogP contribution in [0.2, 0.25) is 0 Å². The number of hydrogen-bond acceptors (Lipinski definition) is 5. The van der Waals surface area contributed by atoms with E-state index in [1.807, 2.05) is 12.3 Å². The lowest BCUT2D eigenvalue weighted by Crippen LogP contribution is -2.46. The van der Waals surface area contributed by atoms with E-state index in [4.69, 9.17) is 10.5 Å². The van der Waals surface area contributed by atoms with Gasteiger partial charge in [0.1, 0.15) is 6.04 Å². The highest BCUT2D eigenvalue weighted by molar-refractivity contribution is 7.98. The second kappa shape index (κ2) is 9.31. The summed E-state index contributed by atoms with van der Waals surface area (Å²) in [6, 6.07) is 7.27. The van der Waals surface area contributed by atoms with Crippen LogP contribution in [0.4, 0.5) is 4.79 Å². The molecule has 0 radical (unpaired) electrons. The molecule has 0 bridgehead atoms. The number of primary amides is 1. The van der Waals surface area contributed by atoms with Gasteiger partial charge in [0.15, 0.2) is 0 Å². The van der Waals surface area contributed by atoms with Crippen LogP contribution in [0.5, 0.6) is 0 Å². The number of benzene rings is 1. The molecule has 0 saturated heterocycles. The minimum absolute atomic E-state index is 0.147. The first-order valence-electron chi connectivity index (χ1n) is 8.12. The van der Waals surface area contributed by atoms with Crippen LogP contribution in [0.15, 0.2) is 30.3 Å². The van der Waals surface area contributed by atoms with Gasteiger partial charge in [0.25, 0.3) is 5.91 Å². The number of urea groups is 1. The minimum Gasteiger partial charge on any atom is -0.446 e. The van der Waals surface area contributed by atoms with Crippen molar-refractivity contribution in [2.24, 2.45) is 5.73 Å². The molecule has 0 aromatic heterocycles. The lowest BCUT2D eigenvalue weighted by atomic mass is 10.1. The lowest BCUT2D eigenvalue weighted by Gasteiger charge is -2.22. The number of esters is 1. The molecule has 1 aliphatic carbocycles. The first-order chi connectivity index (χ1) is 12.0. The van der Waals surface area contributed by atoms with Crippen molar-refractivity contribution in [3.63, 3.8) is 0 Å². The number of thioether (sulfide) groups is 1. The molecule has 0 heterocycles. The Labute approximate surface area is 151 Å². The summed E-state index contributed by atoms with van der Waals surface area (Å²) in [5.41, 5.74) is 5.72. The Kier molecular flexibility index (Phi) is 7.12. The molecule has 1 aromatic rings. The van der Waals surface area contributed by atoms with E-state index < -0.39 is 24.1 Å². The molecule has 0 spiro atoms. The number of nitrogens with one attached hydrogen (secondary N) is 2. The van der Waals surface area contributed by atoms with Gasteiger partial charge in [-0.3, -0.25) is 4.79 Å². The minimum atomic E-state index is -1.05. The predicted octanol–water partition coefficient (Wildman–Crippen LogP) is 1.34. The lowest BCUT2D eigenvalue weighted by molar-refractivity contribution is -0.158. The third kappa shape index (κ3) is 6.30. The van der Waals surface area contributed by atoms with Gasteiger partial charge in [-0.05, 0) is 31.3 Å². The van der Waals surface area contributed by atoms with Gasteiger partial charge in [-0.2, -0.15) is 11.8 Å². The molecule has 3 amide bonds. The van der Waals surface area contributed by atoms with E-state index in [1.54, 1.807) is 24.3 Å². The molecule has 4 N–H and O–H groups in total. The summed E-state index contributed by atoms with van der Waals surface area (Å²) in [7, 11) is 0. The summed E-state index contributed by atoms with van der Waals surface area (Å²) in [5.74, 6) is -0.387. The van der Waals surface area contributed by atoms with Crippen LogP contribution in [0.1, 0.15) is 30.9 Å². The summed E-state index contributed by atoms with van der Waals surface area (Å²) in [4.78, 5) is 36.1. The van der Waals surface area contributed by atoms with E-state index in [0.717, 1.165) is 12.8 Å². The van der Waals surface area contributed by atoms with Crippen LogP contribution >= 0.6 is 11.8 Å². The molecule has 136 valence electrons. The molecule has 0 aliphatic heterocycles. The van der Waals surface area contributed by atoms with Crippen LogP contribution in [0.3, 0.4) is 0 Å². The molecule has 2 atom stereocenters. The van der Waals surface area contributed by atoms with Crippen molar-refractivity contribution < 1.29 is 19.1 Å². The Morgan fingerprint density at radius 1 is 1.28 bits per heavy atom. The zero-order chi connectivity index (χ0) is 18.2. The van der Waals surface area contributed by atoms with E-state index in [-0.39, 0.29) is 11.9 Å². The van der Waals surface area contributed by atoms with Crippen LogP contribution in [0, 0.1) is 0 Å². The van der Waals surface area contributed by atoms with E-state index >= 15 is 0 Å². The fourth-order valence-corrected chi connectivity index (χ4v) is 2.73. The van der Waals surface area contributed by atoms with E-state index in [9.17, 15) is 14.4 Å². The van der Waals surface area contributed by atoms with Crippen LogP contribution in [-0.4, -0.2) is 42.0 Å². The monoisotopic (exact) mass is 365 g/mol. The molecule has 25 heavy (non-hydrogen) atoms. The summed E-state index contributed by atoms with van der Waals surface area (Å²) in [5, 5.41) is 5.23. The molecule has 1 aromatic carbocycles. The van der Waals surface area contributed by atoms with Crippen molar-refractivity contribution in [3.8, 4) is 0 Å². The van der Waals surface area contributed by atoms with Crippen molar-refractivity contribution in [2.45, 2.75) is 37.5 Å². The highest BCUT2D eigenvalue weighted by Crippen LogP contribution is 2.23. The van der Waals surface area contributed by atoms with Crippen LogP contribution < -0.4 is 16.4 Å². The van der Waals surface area contributed by atoms with E-state index in [1.165, 1.54) is 11.8 Å². The zero-order valence-electron chi connectivity index (χ0n) is 14.1. The maximum absolute atomic E-state index is 12.5. The highest BCUT2D eigenvalue weighted by Gasteiger charge is 2.32. The van der Waals surface area contributed by atoms with Crippen molar-refractivity contribution in [1.29, 1.82) is 0 Å². The highest BCUT2D eigenvalue weighted by atomic mass is 32.2. The molecule has 1 fully saturated rings. The van der Waals surface area contributed by atoms with Gasteiger partial charge in [0.2, 0.25) is 6.10 Å². The summed E-state index contributed by atoms with van der Waals surface area (Å²) >= 11 is 1.53. The zero-order valence-corrected chi connectivity index (χ0v) is 14.9. The second-order valence-corrected chi connectivity index (χ2v) is 6.84. The SMILES string of the molecule is CSCC[C@H](NC(N)=O)C(=O)O[C@@H](C(=O)NC1CC1)c1ccccc1. The quantitative estimate of drug-likeness (QED) is 0.572. The molecular formula is C17H23N3O4S. The number of ether oxygens (including phenoxy) is 1. The third-order valence-corrected chi connectivity index (χ3v) is 4.35. The van der Waals surface area contributed by atoms with Gasteiger partial charge in [-0.15, -0.1) is 0 Å². The van der Waals surface area contributed by atoms with Crippen molar-refractivity contribution >= 4 is 29.7 Å². The average molecular weight is 365 g/mol. The Morgan fingerprint density at radius 2 is 1.96 bits per heavy atom. The molecule has 8 heteroatoms. The molecule has 0 unspecified atom stereocenters. The molecular weight excluding hydrogens is 342 g/mol. The summed E-state index contributed by atoms with van der Waals surface area (Å²) in [6.45, 7) is 0. The maximum atomic E-state index is 12.5. The van der Waals surface area contributed by atoms with Crippen molar-refractivity contribution in [2.75, 3.05) is 12.0 Å². The largest absolute Gasteiger partial charge is 0.446 e. The van der Waals surface area contributed by atoms with Crippen molar-refractivity contribution in [1.82, 2.24) is 10.6 Å². The number of rotatable bonds is 9. The smallest absolute Gasteiger partial charge is 0.329 e. The number of hydrogen-bond donors (Lipinski definition) is 3. The van der Waals surface area contributed by atoms with Crippen molar-refractivity contribution in [3.05, 3.63) is 35.9 Å². The number of carbonyl (C=O) groups excluding carboxylic acids is 3.